The fourth-order valence-corrected chi connectivity index (χ4v) is 6.58. The van der Waals surface area contributed by atoms with Crippen molar-refractivity contribution < 1.29 is 19.1 Å². The molecule has 2 heterocycles. The number of aromatic amines is 1. The molecule has 6 N–H and O–H groups in total. The molecule has 256 valence electrons. The molecule has 0 radical (unpaired) electrons. The zero-order chi connectivity index (χ0) is 34.2. The van der Waals surface area contributed by atoms with Crippen LogP contribution in [0.4, 0.5) is 11.4 Å². The number of nitrogens with two attached hydrogens (primary N) is 1. The number of aromatic nitrogens is 4. The largest absolute Gasteiger partial charge is 0.381 e. The molecule has 4 aromatic rings. The molecule has 2 aliphatic rings. The average Bonchev–Trinajstić information content (AvgIpc) is 3.69. The van der Waals surface area contributed by atoms with Crippen molar-refractivity contribution in [2.75, 3.05) is 30.4 Å². The van der Waals surface area contributed by atoms with E-state index in [-0.39, 0.29) is 29.6 Å². The van der Waals surface area contributed by atoms with Gasteiger partial charge < -0.3 is 26.4 Å². The maximum absolute atomic E-state index is 13.7. The summed E-state index contributed by atoms with van der Waals surface area (Å²) in [6.45, 7) is 3.84. The van der Waals surface area contributed by atoms with E-state index in [1.54, 1.807) is 24.3 Å². The van der Waals surface area contributed by atoms with Gasteiger partial charge in [0.1, 0.15) is 6.04 Å². The Morgan fingerprint density at radius 3 is 2.18 bits per heavy atom. The van der Waals surface area contributed by atoms with Crippen molar-refractivity contribution in [2.24, 2.45) is 23.5 Å². The van der Waals surface area contributed by atoms with Gasteiger partial charge in [0.15, 0.2) is 0 Å². The molecular weight excluding hydrogens is 620 g/mol. The number of carbonyl (C=O) groups excluding carboxylic acids is 3. The quantitative estimate of drug-likeness (QED) is 0.154. The van der Waals surface area contributed by atoms with Crippen LogP contribution in [0.25, 0.3) is 22.5 Å². The topological polar surface area (TPSA) is 177 Å². The molecule has 1 saturated heterocycles. The number of carbonyl (C=O) groups is 3. The first-order valence-corrected chi connectivity index (χ1v) is 17.1. The highest BCUT2D eigenvalue weighted by Gasteiger charge is 2.29. The van der Waals surface area contributed by atoms with E-state index >= 15 is 0 Å². The predicted octanol–water partition coefficient (Wildman–Crippen LogP) is 4.64. The Balaban J connectivity index is 1.15. The maximum atomic E-state index is 13.7. The van der Waals surface area contributed by atoms with Crippen LogP contribution in [0.3, 0.4) is 0 Å². The third kappa shape index (κ3) is 8.76. The number of hydrogen-bond donors (Lipinski definition) is 5. The highest BCUT2D eigenvalue weighted by molar-refractivity contribution is 5.98. The van der Waals surface area contributed by atoms with Gasteiger partial charge >= 0.3 is 0 Å². The number of H-pyrrole nitrogens is 1. The summed E-state index contributed by atoms with van der Waals surface area (Å²) in [6.07, 6.45) is 5.14. The Kier molecular flexibility index (Phi) is 11.1. The monoisotopic (exact) mass is 664 g/mol. The SMILES string of the molecule is Cc1ccc(-c2ccc(C[C@H](NC(=O)[C@H]3CC[C@H](CN)CC3)C(=O)Nc3ccc(-c4nn[nH]n4)cc3)cc2)cc1NC(=O)C1CCOCC1. The van der Waals surface area contributed by atoms with Gasteiger partial charge in [0.05, 0.1) is 0 Å². The zero-order valence-electron chi connectivity index (χ0n) is 27.8. The van der Waals surface area contributed by atoms with E-state index in [0.717, 1.165) is 72.0 Å². The molecule has 0 spiro atoms. The van der Waals surface area contributed by atoms with E-state index in [2.05, 4.69) is 36.6 Å². The van der Waals surface area contributed by atoms with Gasteiger partial charge in [-0.2, -0.15) is 5.21 Å². The third-order valence-electron chi connectivity index (χ3n) is 9.75. The highest BCUT2D eigenvalue weighted by atomic mass is 16.5. The first-order chi connectivity index (χ1) is 23.9. The number of amides is 3. The van der Waals surface area contributed by atoms with Crippen LogP contribution in [-0.4, -0.2) is 64.1 Å². The van der Waals surface area contributed by atoms with Gasteiger partial charge in [-0.1, -0.05) is 36.4 Å². The van der Waals surface area contributed by atoms with Crippen molar-refractivity contribution in [1.82, 2.24) is 25.9 Å². The van der Waals surface area contributed by atoms with Gasteiger partial charge in [0.25, 0.3) is 0 Å². The number of benzene rings is 3. The number of hydrogen-bond acceptors (Lipinski definition) is 8. The number of rotatable bonds is 11. The molecule has 0 bridgehead atoms. The second-order valence-electron chi connectivity index (χ2n) is 13.1. The second-order valence-corrected chi connectivity index (χ2v) is 13.1. The fraction of sp³-hybridized carbons (Fsp3) is 0.405. The molecule has 12 heteroatoms. The second kappa shape index (κ2) is 16.0. The lowest BCUT2D eigenvalue weighted by molar-refractivity contribution is -0.130. The molecule has 6 rings (SSSR count). The van der Waals surface area contributed by atoms with E-state index in [4.69, 9.17) is 10.5 Å². The normalized spacial score (nSPS) is 18.7. The summed E-state index contributed by atoms with van der Waals surface area (Å²) in [4.78, 5) is 40.0. The number of nitrogens with one attached hydrogen (secondary N) is 4. The molecule has 1 aliphatic heterocycles. The molecular formula is C37H44N8O4. The van der Waals surface area contributed by atoms with Crippen molar-refractivity contribution in [1.29, 1.82) is 0 Å². The summed E-state index contributed by atoms with van der Waals surface area (Å²) in [5.74, 6) is 0.345. The molecule has 3 aromatic carbocycles. The van der Waals surface area contributed by atoms with Gasteiger partial charge in [0, 0.05) is 48.4 Å². The van der Waals surface area contributed by atoms with Crippen LogP contribution in [-0.2, 0) is 25.5 Å². The summed E-state index contributed by atoms with van der Waals surface area (Å²) >= 11 is 0. The number of aryl methyl sites for hydroxylation is 1. The predicted molar refractivity (Wildman–Crippen MR) is 187 cm³/mol. The molecule has 3 amide bonds. The average molecular weight is 665 g/mol. The lowest BCUT2D eigenvalue weighted by Crippen LogP contribution is -2.48. The summed E-state index contributed by atoms with van der Waals surface area (Å²) in [5, 5.41) is 23.2. The first-order valence-electron chi connectivity index (χ1n) is 17.1. The standard InChI is InChI=1S/C37H44N8O4/c1-23-2-7-30(21-32(23)40-36(47)29-16-18-49-19-17-29)26-8-3-24(4-9-26)20-33(41-35(46)28-10-5-25(22-38)6-11-28)37(48)39-31-14-12-27(13-15-31)34-42-44-45-43-34/h2-4,7-9,12-15,21,25,28-29,33H,5-6,10-11,16-20,22,38H2,1H3,(H,39,48)(H,40,47)(H,41,46)(H,42,43,44,45)/t25-,28-,33-/m0/s1. The van der Waals surface area contributed by atoms with E-state index in [1.165, 1.54) is 0 Å². The molecule has 1 aromatic heterocycles. The number of tetrazole rings is 1. The summed E-state index contributed by atoms with van der Waals surface area (Å²) in [6, 6.07) is 20.4. The summed E-state index contributed by atoms with van der Waals surface area (Å²) in [7, 11) is 0. The number of nitrogens with zero attached hydrogens (tertiary/aromatic N) is 3. The molecule has 49 heavy (non-hydrogen) atoms. The van der Waals surface area contributed by atoms with Crippen LogP contribution >= 0.6 is 0 Å². The lowest BCUT2D eigenvalue weighted by atomic mass is 9.81. The maximum Gasteiger partial charge on any atom is 0.247 e. The van der Waals surface area contributed by atoms with Gasteiger partial charge in [0.2, 0.25) is 23.5 Å². The van der Waals surface area contributed by atoms with Crippen molar-refractivity contribution >= 4 is 29.1 Å². The fourth-order valence-electron chi connectivity index (χ4n) is 6.58. The Morgan fingerprint density at radius 1 is 0.837 bits per heavy atom. The molecule has 12 nitrogen and oxygen atoms in total. The Morgan fingerprint density at radius 2 is 1.51 bits per heavy atom. The van der Waals surface area contributed by atoms with Gasteiger partial charge in [-0.25, -0.2) is 0 Å². The van der Waals surface area contributed by atoms with Crippen LogP contribution in [0.1, 0.15) is 49.7 Å². The molecule has 1 aliphatic carbocycles. The Hall–Kier alpha value is -4.94. The van der Waals surface area contributed by atoms with Crippen molar-refractivity contribution in [2.45, 2.75) is 57.9 Å². The van der Waals surface area contributed by atoms with Crippen molar-refractivity contribution in [3.8, 4) is 22.5 Å². The van der Waals surface area contributed by atoms with Gasteiger partial charge in [-0.15, -0.1) is 10.2 Å². The van der Waals surface area contributed by atoms with Gasteiger partial charge in [-0.05, 0) is 116 Å². The van der Waals surface area contributed by atoms with E-state index in [0.29, 0.717) is 43.6 Å². The Bertz CT molecular complexity index is 1710. The van der Waals surface area contributed by atoms with E-state index in [1.807, 2.05) is 49.4 Å². The Labute approximate surface area is 286 Å². The third-order valence-corrected chi connectivity index (χ3v) is 9.75. The van der Waals surface area contributed by atoms with Crippen LogP contribution in [0, 0.1) is 24.7 Å². The summed E-state index contributed by atoms with van der Waals surface area (Å²) < 4.78 is 5.41. The first kappa shape index (κ1) is 33.9. The molecule has 2 fully saturated rings. The van der Waals surface area contributed by atoms with Crippen molar-refractivity contribution in [3.05, 3.63) is 77.9 Å². The molecule has 1 atom stereocenters. The van der Waals surface area contributed by atoms with Gasteiger partial charge in [-0.3, -0.25) is 14.4 Å². The minimum absolute atomic E-state index is 0.0283. The van der Waals surface area contributed by atoms with Crippen LogP contribution in [0.2, 0.25) is 0 Å². The highest BCUT2D eigenvalue weighted by Crippen LogP contribution is 2.30. The number of ether oxygens (including phenoxy) is 1. The zero-order valence-corrected chi connectivity index (χ0v) is 27.8. The minimum atomic E-state index is -0.783. The van der Waals surface area contributed by atoms with Crippen LogP contribution < -0.4 is 21.7 Å². The number of anilines is 2. The smallest absolute Gasteiger partial charge is 0.247 e. The van der Waals surface area contributed by atoms with Crippen LogP contribution in [0.5, 0.6) is 0 Å². The molecule has 1 saturated carbocycles. The van der Waals surface area contributed by atoms with E-state index < -0.39 is 6.04 Å². The van der Waals surface area contributed by atoms with Crippen molar-refractivity contribution in [3.63, 3.8) is 0 Å². The minimum Gasteiger partial charge on any atom is -0.381 e. The molecule has 0 unspecified atom stereocenters. The summed E-state index contributed by atoms with van der Waals surface area (Å²) in [5.41, 5.74) is 11.9. The lowest BCUT2D eigenvalue weighted by Gasteiger charge is -2.28. The van der Waals surface area contributed by atoms with E-state index in [9.17, 15) is 14.4 Å². The van der Waals surface area contributed by atoms with Crippen LogP contribution in [0.15, 0.2) is 66.7 Å².